The Labute approximate surface area is 124 Å². The SMILES string of the molecule is O=C1CCC(NC(=O)c2sccc2-n2cccc2)C(=O)N1. The molecule has 1 aliphatic heterocycles. The summed E-state index contributed by atoms with van der Waals surface area (Å²) in [5, 5.41) is 6.74. The summed E-state index contributed by atoms with van der Waals surface area (Å²) >= 11 is 1.31. The van der Waals surface area contributed by atoms with Crippen LogP contribution in [0.5, 0.6) is 0 Å². The first kappa shape index (κ1) is 13.6. The Balaban J connectivity index is 1.76. The predicted molar refractivity (Wildman–Crippen MR) is 77.3 cm³/mol. The van der Waals surface area contributed by atoms with Crippen molar-refractivity contribution < 1.29 is 14.4 Å². The number of hydrogen-bond donors (Lipinski definition) is 2. The van der Waals surface area contributed by atoms with Crippen LogP contribution in [0.25, 0.3) is 5.69 Å². The quantitative estimate of drug-likeness (QED) is 0.833. The van der Waals surface area contributed by atoms with Gasteiger partial charge < -0.3 is 9.88 Å². The normalized spacial score (nSPS) is 18.4. The Hall–Kier alpha value is -2.41. The summed E-state index contributed by atoms with van der Waals surface area (Å²) in [6.45, 7) is 0. The van der Waals surface area contributed by atoms with Crippen LogP contribution < -0.4 is 10.6 Å². The molecule has 1 unspecified atom stereocenters. The first-order valence-corrected chi connectivity index (χ1v) is 7.38. The molecule has 0 spiro atoms. The maximum Gasteiger partial charge on any atom is 0.264 e. The van der Waals surface area contributed by atoms with Gasteiger partial charge in [-0.25, -0.2) is 0 Å². The highest BCUT2D eigenvalue weighted by molar-refractivity contribution is 7.12. The van der Waals surface area contributed by atoms with Gasteiger partial charge in [0.1, 0.15) is 10.9 Å². The second kappa shape index (κ2) is 5.53. The third-order valence-corrected chi connectivity index (χ3v) is 4.18. The fourth-order valence-electron chi connectivity index (χ4n) is 2.23. The van der Waals surface area contributed by atoms with Crippen LogP contribution in [-0.4, -0.2) is 28.3 Å². The first-order chi connectivity index (χ1) is 10.1. The van der Waals surface area contributed by atoms with Crippen LogP contribution in [0, 0.1) is 0 Å². The van der Waals surface area contributed by atoms with Gasteiger partial charge in [-0.3, -0.25) is 19.7 Å². The molecule has 21 heavy (non-hydrogen) atoms. The maximum absolute atomic E-state index is 12.3. The summed E-state index contributed by atoms with van der Waals surface area (Å²) in [5.41, 5.74) is 0.773. The van der Waals surface area contributed by atoms with Gasteiger partial charge in [-0.2, -0.15) is 0 Å². The number of hydrogen-bond acceptors (Lipinski definition) is 4. The monoisotopic (exact) mass is 303 g/mol. The molecule has 0 saturated carbocycles. The van der Waals surface area contributed by atoms with Crippen LogP contribution >= 0.6 is 11.3 Å². The largest absolute Gasteiger partial charge is 0.339 e. The van der Waals surface area contributed by atoms with Crippen molar-refractivity contribution in [1.82, 2.24) is 15.2 Å². The van der Waals surface area contributed by atoms with Crippen molar-refractivity contribution in [3.8, 4) is 5.69 Å². The number of imide groups is 1. The molecule has 2 N–H and O–H groups in total. The minimum atomic E-state index is -0.658. The van der Waals surface area contributed by atoms with E-state index in [0.29, 0.717) is 11.3 Å². The molecule has 3 heterocycles. The fraction of sp³-hybridized carbons (Fsp3) is 0.214. The van der Waals surface area contributed by atoms with Gasteiger partial charge in [-0.1, -0.05) is 0 Å². The molecule has 1 atom stereocenters. The van der Waals surface area contributed by atoms with Crippen LogP contribution in [0.3, 0.4) is 0 Å². The molecule has 0 radical (unpaired) electrons. The molecule has 3 amide bonds. The van der Waals surface area contributed by atoms with Crippen molar-refractivity contribution in [1.29, 1.82) is 0 Å². The average molecular weight is 303 g/mol. The highest BCUT2D eigenvalue weighted by Gasteiger charge is 2.29. The zero-order valence-corrected chi connectivity index (χ0v) is 11.9. The first-order valence-electron chi connectivity index (χ1n) is 6.50. The van der Waals surface area contributed by atoms with E-state index in [1.807, 2.05) is 40.5 Å². The lowest BCUT2D eigenvalue weighted by molar-refractivity contribution is -0.134. The van der Waals surface area contributed by atoms with E-state index in [2.05, 4.69) is 10.6 Å². The Kier molecular flexibility index (Phi) is 3.57. The van der Waals surface area contributed by atoms with Gasteiger partial charge >= 0.3 is 0 Å². The van der Waals surface area contributed by atoms with E-state index in [9.17, 15) is 14.4 Å². The molecule has 1 saturated heterocycles. The lowest BCUT2D eigenvalue weighted by Gasteiger charge is -2.21. The molecule has 2 aromatic heterocycles. The maximum atomic E-state index is 12.3. The van der Waals surface area contributed by atoms with Crippen molar-refractivity contribution in [2.24, 2.45) is 0 Å². The molecule has 7 heteroatoms. The number of amides is 3. The summed E-state index contributed by atoms with van der Waals surface area (Å²) in [4.78, 5) is 35.6. The van der Waals surface area contributed by atoms with Crippen LogP contribution in [0.15, 0.2) is 36.0 Å². The Morgan fingerprint density at radius 3 is 2.81 bits per heavy atom. The molecule has 1 aliphatic rings. The zero-order chi connectivity index (χ0) is 14.8. The van der Waals surface area contributed by atoms with Gasteiger partial charge in [0, 0.05) is 18.8 Å². The van der Waals surface area contributed by atoms with E-state index in [0.717, 1.165) is 5.69 Å². The summed E-state index contributed by atoms with van der Waals surface area (Å²) < 4.78 is 1.84. The zero-order valence-electron chi connectivity index (χ0n) is 11.0. The van der Waals surface area contributed by atoms with Crippen LogP contribution in [0.2, 0.25) is 0 Å². The fourth-order valence-corrected chi connectivity index (χ4v) is 3.02. The minimum absolute atomic E-state index is 0.242. The molecule has 0 aliphatic carbocycles. The number of aromatic nitrogens is 1. The molecular weight excluding hydrogens is 290 g/mol. The topological polar surface area (TPSA) is 80.2 Å². The average Bonchev–Trinajstić information content (AvgIpc) is 3.10. The predicted octanol–water partition coefficient (Wildman–Crippen LogP) is 1.07. The van der Waals surface area contributed by atoms with E-state index in [-0.39, 0.29) is 18.2 Å². The van der Waals surface area contributed by atoms with Gasteiger partial charge in [0.25, 0.3) is 5.91 Å². The van der Waals surface area contributed by atoms with Crippen molar-refractivity contribution in [2.45, 2.75) is 18.9 Å². The second-order valence-electron chi connectivity index (χ2n) is 4.70. The highest BCUT2D eigenvalue weighted by atomic mass is 32.1. The van der Waals surface area contributed by atoms with Gasteiger partial charge in [0.05, 0.1) is 5.69 Å². The summed E-state index contributed by atoms with van der Waals surface area (Å²) in [6.07, 6.45) is 4.28. The van der Waals surface area contributed by atoms with E-state index in [1.54, 1.807) is 0 Å². The van der Waals surface area contributed by atoms with Crippen molar-refractivity contribution in [3.05, 3.63) is 40.8 Å². The number of nitrogens with zero attached hydrogens (tertiary/aromatic N) is 1. The number of carbonyl (C=O) groups is 3. The van der Waals surface area contributed by atoms with E-state index < -0.39 is 11.9 Å². The number of piperidine rings is 1. The smallest absolute Gasteiger partial charge is 0.264 e. The third-order valence-electron chi connectivity index (χ3n) is 3.28. The van der Waals surface area contributed by atoms with Gasteiger partial charge in [-0.15, -0.1) is 11.3 Å². The highest BCUT2D eigenvalue weighted by Crippen LogP contribution is 2.21. The van der Waals surface area contributed by atoms with Gasteiger partial charge in [0.2, 0.25) is 11.8 Å². The van der Waals surface area contributed by atoms with E-state index in [1.165, 1.54) is 11.3 Å². The third kappa shape index (κ3) is 2.73. The molecule has 0 aromatic carbocycles. The molecule has 1 fully saturated rings. The minimum Gasteiger partial charge on any atom is -0.339 e. The molecule has 0 bridgehead atoms. The van der Waals surface area contributed by atoms with E-state index >= 15 is 0 Å². The Morgan fingerprint density at radius 2 is 2.10 bits per heavy atom. The molecule has 2 aromatic rings. The van der Waals surface area contributed by atoms with Crippen LogP contribution in [0.1, 0.15) is 22.5 Å². The van der Waals surface area contributed by atoms with Crippen molar-refractivity contribution in [2.75, 3.05) is 0 Å². The molecule has 3 rings (SSSR count). The lowest BCUT2D eigenvalue weighted by atomic mass is 10.1. The molecular formula is C14H13N3O3S. The van der Waals surface area contributed by atoms with Gasteiger partial charge in [-0.05, 0) is 30.0 Å². The lowest BCUT2D eigenvalue weighted by Crippen LogP contribution is -2.52. The number of thiophene rings is 1. The van der Waals surface area contributed by atoms with Crippen molar-refractivity contribution >= 4 is 29.1 Å². The van der Waals surface area contributed by atoms with Gasteiger partial charge in [0.15, 0.2) is 0 Å². The van der Waals surface area contributed by atoms with E-state index in [4.69, 9.17) is 0 Å². The number of carbonyl (C=O) groups excluding carboxylic acids is 3. The standard InChI is InChI=1S/C14H13N3O3S/c18-11-4-3-9(13(19)16-11)15-14(20)12-10(5-8-21-12)17-6-1-2-7-17/h1-2,5-9H,3-4H2,(H,15,20)(H,16,18,19). The summed E-state index contributed by atoms with van der Waals surface area (Å²) in [5.74, 6) is -1.04. The number of nitrogens with one attached hydrogen (secondary N) is 2. The number of rotatable bonds is 3. The second-order valence-corrected chi connectivity index (χ2v) is 5.62. The summed E-state index contributed by atoms with van der Waals surface area (Å²) in [6, 6.07) is 4.94. The van der Waals surface area contributed by atoms with Crippen LogP contribution in [0.4, 0.5) is 0 Å². The van der Waals surface area contributed by atoms with Crippen LogP contribution in [-0.2, 0) is 9.59 Å². The molecule has 6 nitrogen and oxygen atoms in total. The molecule has 108 valence electrons. The Bertz CT molecular complexity index is 690. The van der Waals surface area contributed by atoms with Crippen molar-refractivity contribution in [3.63, 3.8) is 0 Å². The summed E-state index contributed by atoms with van der Waals surface area (Å²) in [7, 11) is 0. The Morgan fingerprint density at radius 1 is 1.33 bits per heavy atom.